The summed E-state index contributed by atoms with van der Waals surface area (Å²) in [5, 5.41) is 0.526. The van der Waals surface area contributed by atoms with Crippen molar-refractivity contribution in [2.75, 3.05) is 6.54 Å². The zero-order valence-electron chi connectivity index (χ0n) is 5.97. The number of nitrogens with zero attached hydrogens (tertiary/aromatic N) is 2. The third kappa shape index (κ3) is 1.43. The Morgan fingerprint density at radius 3 is 2.82 bits per heavy atom. The van der Waals surface area contributed by atoms with Gasteiger partial charge in [0, 0.05) is 12.4 Å². The Balaban J connectivity index is 2.17. The third-order valence-electron chi connectivity index (χ3n) is 1.65. The summed E-state index contributed by atoms with van der Waals surface area (Å²) in [5.41, 5.74) is 3.24. The van der Waals surface area contributed by atoms with E-state index in [9.17, 15) is 0 Å². The molecule has 0 spiro atoms. The van der Waals surface area contributed by atoms with Crippen molar-refractivity contribution in [3.05, 3.63) is 30.1 Å². The number of thioether (sulfide) groups is 1. The lowest BCUT2D eigenvalue weighted by Gasteiger charge is -2.05. The lowest BCUT2D eigenvalue weighted by atomic mass is 10.2. The largest absolute Gasteiger partial charge is 0.285 e. The zero-order valence-corrected chi connectivity index (χ0v) is 6.79. The number of pyridine rings is 1. The van der Waals surface area contributed by atoms with Gasteiger partial charge in [-0.15, -0.1) is 11.8 Å². The maximum atomic E-state index is 4.16. The van der Waals surface area contributed by atoms with Crippen molar-refractivity contribution >= 4 is 17.3 Å². The summed E-state index contributed by atoms with van der Waals surface area (Å²) in [6.45, 7) is 0.911. The minimum Gasteiger partial charge on any atom is -0.285 e. The fourth-order valence-electron chi connectivity index (χ4n) is 1.06. The van der Waals surface area contributed by atoms with Crippen molar-refractivity contribution in [1.29, 1.82) is 0 Å². The molecule has 1 aliphatic heterocycles. The van der Waals surface area contributed by atoms with E-state index < -0.39 is 0 Å². The fraction of sp³-hybridized carbons (Fsp3) is 0.250. The minimum absolute atomic E-state index is 0.526. The van der Waals surface area contributed by atoms with Gasteiger partial charge in [-0.05, 0) is 17.7 Å². The van der Waals surface area contributed by atoms with Gasteiger partial charge >= 0.3 is 0 Å². The SMILES string of the molecule is C1=NCC(c2ccncc2)S1. The fourth-order valence-corrected chi connectivity index (χ4v) is 1.87. The third-order valence-corrected chi connectivity index (χ3v) is 2.67. The van der Waals surface area contributed by atoms with Crippen LogP contribution in [0.15, 0.2) is 29.5 Å². The van der Waals surface area contributed by atoms with E-state index in [1.165, 1.54) is 5.56 Å². The first-order valence-corrected chi connectivity index (χ1v) is 4.45. The van der Waals surface area contributed by atoms with Crippen molar-refractivity contribution in [3.63, 3.8) is 0 Å². The second-order valence-electron chi connectivity index (χ2n) is 2.38. The first kappa shape index (κ1) is 6.85. The van der Waals surface area contributed by atoms with Gasteiger partial charge in [0.05, 0.1) is 17.3 Å². The molecule has 1 atom stereocenters. The quantitative estimate of drug-likeness (QED) is 0.633. The molecule has 2 rings (SSSR count). The molecule has 1 aliphatic rings. The number of hydrogen-bond acceptors (Lipinski definition) is 3. The summed E-state index contributed by atoms with van der Waals surface area (Å²) in [7, 11) is 0. The van der Waals surface area contributed by atoms with Gasteiger partial charge in [-0.1, -0.05) is 0 Å². The Morgan fingerprint density at radius 1 is 1.36 bits per heavy atom. The number of aliphatic imine (C=N–C) groups is 1. The van der Waals surface area contributed by atoms with Gasteiger partial charge in [0.15, 0.2) is 0 Å². The summed E-state index contributed by atoms with van der Waals surface area (Å²) >= 11 is 1.78. The second kappa shape index (κ2) is 3.05. The van der Waals surface area contributed by atoms with Crippen molar-refractivity contribution in [3.8, 4) is 0 Å². The van der Waals surface area contributed by atoms with Gasteiger partial charge in [-0.3, -0.25) is 9.98 Å². The molecule has 0 amide bonds. The van der Waals surface area contributed by atoms with Gasteiger partial charge in [-0.2, -0.15) is 0 Å². The molecule has 11 heavy (non-hydrogen) atoms. The molecule has 1 unspecified atom stereocenters. The van der Waals surface area contributed by atoms with Crippen LogP contribution in [0.4, 0.5) is 0 Å². The Morgan fingerprint density at radius 2 is 2.18 bits per heavy atom. The predicted octanol–water partition coefficient (Wildman–Crippen LogP) is 1.90. The van der Waals surface area contributed by atoms with Gasteiger partial charge < -0.3 is 0 Å². The molecule has 0 saturated carbocycles. The minimum atomic E-state index is 0.526. The van der Waals surface area contributed by atoms with E-state index in [1.54, 1.807) is 11.8 Å². The van der Waals surface area contributed by atoms with Crippen molar-refractivity contribution in [2.45, 2.75) is 5.25 Å². The van der Waals surface area contributed by atoms with Crippen LogP contribution in [0.25, 0.3) is 0 Å². The lowest BCUT2D eigenvalue weighted by Crippen LogP contribution is -1.92. The summed E-state index contributed by atoms with van der Waals surface area (Å²) in [4.78, 5) is 8.13. The Bertz CT molecular complexity index is 250. The maximum Gasteiger partial charge on any atom is 0.0559 e. The molecule has 2 heterocycles. The van der Waals surface area contributed by atoms with Crippen LogP contribution in [0.5, 0.6) is 0 Å². The molecule has 1 aromatic heterocycles. The first-order valence-electron chi connectivity index (χ1n) is 3.50. The molecule has 2 nitrogen and oxygen atoms in total. The van der Waals surface area contributed by atoms with Crippen LogP contribution in [0, 0.1) is 0 Å². The average Bonchev–Trinajstić information content (AvgIpc) is 2.58. The molecule has 3 heteroatoms. The summed E-state index contributed by atoms with van der Waals surface area (Å²) in [6, 6.07) is 4.10. The van der Waals surface area contributed by atoms with Crippen molar-refractivity contribution in [1.82, 2.24) is 4.98 Å². The molecule has 0 N–H and O–H groups in total. The van der Waals surface area contributed by atoms with E-state index in [2.05, 4.69) is 9.98 Å². The molecule has 56 valence electrons. The normalized spacial score (nSPS) is 22.4. The summed E-state index contributed by atoms with van der Waals surface area (Å²) in [5.74, 6) is 0. The Hall–Kier alpha value is -0.830. The highest BCUT2D eigenvalue weighted by atomic mass is 32.2. The van der Waals surface area contributed by atoms with Crippen molar-refractivity contribution in [2.24, 2.45) is 4.99 Å². The van der Waals surface area contributed by atoms with E-state index in [-0.39, 0.29) is 0 Å². The van der Waals surface area contributed by atoms with Crippen LogP contribution in [0.2, 0.25) is 0 Å². The Labute approximate surface area is 69.8 Å². The van der Waals surface area contributed by atoms with E-state index in [1.807, 2.05) is 30.1 Å². The summed E-state index contributed by atoms with van der Waals surface area (Å²) < 4.78 is 0. The monoisotopic (exact) mass is 164 g/mol. The molecule has 0 aromatic carbocycles. The van der Waals surface area contributed by atoms with E-state index in [0.717, 1.165) is 6.54 Å². The number of rotatable bonds is 1. The molecule has 1 aromatic rings. The van der Waals surface area contributed by atoms with E-state index >= 15 is 0 Å². The van der Waals surface area contributed by atoms with Crippen LogP contribution in [-0.4, -0.2) is 17.1 Å². The van der Waals surface area contributed by atoms with Gasteiger partial charge in [-0.25, -0.2) is 0 Å². The van der Waals surface area contributed by atoms with Gasteiger partial charge in [0.2, 0.25) is 0 Å². The Kier molecular flexibility index (Phi) is 1.90. The average molecular weight is 164 g/mol. The standard InChI is InChI=1S/C8H8N2S/c1-3-9-4-2-7(1)8-5-10-6-11-8/h1-4,6,8H,5H2. The van der Waals surface area contributed by atoms with Crippen LogP contribution >= 0.6 is 11.8 Å². The summed E-state index contributed by atoms with van der Waals surface area (Å²) in [6.07, 6.45) is 3.66. The zero-order chi connectivity index (χ0) is 7.52. The molecule has 0 saturated heterocycles. The van der Waals surface area contributed by atoms with Crippen LogP contribution < -0.4 is 0 Å². The second-order valence-corrected chi connectivity index (χ2v) is 3.43. The molecule has 0 aliphatic carbocycles. The molecular formula is C8H8N2S. The van der Waals surface area contributed by atoms with Gasteiger partial charge in [0.25, 0.3) is 0 Å². The number of aromatic nitrogens is 1. The maximum absolute atomic E-state index is 4.16. The van der Waals surface area contributed by atoms with Gasteiger partial charge in [0.1, 0.15) is 0 Å². The van der Waals surface area contributed by atoms with Crippen LogP contribution in [0.1, 0.15) is 10.8 Å². The predicted molar refractivity (Wildman–Crippen MR) is 47.9 cm³/mol. The highest BCUT2D eigenvalue weighted by molar-refractivity contribution is 8.12. The molecular weight excluding hydrogens is 156 g/mol. The molecule has 0 bridgehead atoms. The lowest BCUT2D eigenvalue weighted by molar-refractivity contribution is 0.963. The smallest absolute Gasteiger partial charge is 0.0559 e. The highest BCUT2D eigenvalue weighted by Crippen LogP contribution is 2.30. The molecule has 0 fully saturated rings. The van der Waals surface area contributed by atoms with E-state index in [4.69, 9.17) is 0 Å². The molecule has 0 radical (unpaired) electrons. The van der Waals surface area contributed by atoms with E-state index in [0.29, 0.717) is 5.25 Å². The highest BCUT2D eigenvalue weighted by Gasteiger charge is 2.13. The van der Waals surface area contributed by atoms with Crippen LogP contribution in [-0.2, 0) is 0 Å². The first-order chi connectivity index (χ1) is 5.47. The topological polar surface area (TPSA) is 25.2 Å². The van der Waals surface area contributed by atoms with Crippen molar-refractivity contribution < 1.29 is 0 Å². The van der Waals surface area contributed by atoms with Crippen LogP contribution in [0.3, 0.4) is 0 Å². The number of hydrogen-bond donors (Lipinski definition) is 0.